The molecule has 280 valence electrons. The van der Waals surface area contributed by atoms with Crippen LogP contribution in [-0.2, 0) is 130 Å². The summed E-state index contributed by atoms with van der Waals surface area (Å²) in [5, 5.41) is 0. The van der Waals surface area contributed by atoms with E-state index in [2.05, 4.69) is 25.6 Å². The summed E-state index contributed by atoms with van der Waals surface area (Å²) < 4.78 is 268. The molecule has 57 heteroatoms. The zero-order chi connectivity index (χ0) is 47.9. The van der Waals surface area contributed by atoms with Gasteiger partial charge < -0.3 is 0 Å². The first-order chi connectivity index (χ1) is 27.4. The van der Waals surface area contributed by atoms with Crippen molar-refractivity contribution < 1.29 is 130 Å². The Morgan fingerprint density at radius 1 is 0.158 bits per heavy atom. The van der Waals surface area contributed by atoms with Crippen molar-refractivity contribution in [3.63, 3.8) is 0 Å². The second kappa shape index (κ2) is 171. The maximum atomic E-state index is 9.21. The van der Waals surface area contributed by atoms with E-state index in [0.717, 1.165) is 0 Å². The molecule has 0 aromatic carbocycles. The average molecular weight is 1160 g/mol. The Hall–Kier alpha value is 3.45. The average Bonchev–Trinajstić information content (AvgIpc) is 3.18. The van der Waals surface area contributed by atoms with Crippen LogP contribution in [-0.4, -0.2) is 316 Å². The van der Waals surface area contributed by atoms with Gasteiger partial charge in [0.2, 0.25) is 0 Å². The molecule has 0 fully saturated rings. The zero-order valence-electron chi connectivity index (χ0n) is 26.7. The summed E-state index contributed by atoms with van der Waals surface area (Å²) in [5.41, 5.74) is 0. The number of rotatable bonds is 18. The summed E-state index contributed by atoms with van der Waals surface area (Å²) in [4.78, 5) is 0. The van der Waals surface area contributed by atoms with Gasteiger partial charge in [-0.05, 0) is 0 Å². The van der Waals surface area contributed by atoms with Crippen LogP contribution in [0.25, 0.3) is 0 Å². The molecule has 35 nitrogen and oxygen atoms in total. The molecule has 0 saturated carbocycles. The molecule has 0 atom stereocenters. The standard InChI is InChI=1S/18Al.4O2Si.27O/c;;;;;;;;;;;;;;;;;;4*1-3-2;;;;;;;;;;;;;;;;;;;;;;;;;;;. The van der Waals surface area contributed by atoms with E-state index in [1.807, 2.05) is 0 Å². The molecule has 0 spiro atoms. The molecule has 0 N–H and O–H groups in total. The van der Waals surface area contributed by atoms with Gasteiger partial charge in [0.25, 0.3) is 0 Å². The van der Waals surface area contributed by atoms with Crippen molar-refractivity contribution in [3.8, 4) is 0 Å². The molecule has 0 aliphatic rings. The van der Waals surface area contributed by atoms with E-state index in [1.165, 1.54) is 0 Å². The first kappa shape index (κ1) is 94.9. The van der Waals surface area contributed by atoms with E-state index >= 15 is 0 Å². The quantitative estimate of drug-likeness (QED) is 0.115. The fourth-order valence-electron chi connectivity index (χ4n) is 0.204. The number of hydrogen-bond acceptors (Lipinski definition) is 35. The van der Waals surface area contributed by atoms with Crippen LogP contribution < -0.4 is 0 Å². The molecule has 57 heavy (non-hydrogen) atoms. The van der Waals surface area contributed by atoms with E-state index in [-0.39, 0.29) is 0 Å². The van der Waals surface area contributed by atoms with E-state index < -0.39 is 316 Å². The van der Waals surface area contributed by atoms with Crippen molar-refractivity contribution >= 4 is 316 Å². The van der Waals surface area contributed by atoms with Gasteiger partial charge in [0.15, 0.2) is 0 Å². The van der Waals surface area contributed by atoms with Gasteiger partial charge in [-0.15, -0.1) is 0 Å². The molecule has 0 rings (SSSR count). The maximum absolute atomic E-state index is 9.21. The van der Waals surface area contributed by atoms with E-state index in [1.54, 1.807) is 0 Å². The third kappa shape index (κ3) is 426. The summed E-state index contributed by atoms with van der Waals surface area (Å²) in [6.45, 7) is 0. The zero-order valence-corrected chi connectivity index (χ0v) is 51.5. The summed E-state index contributed by atoms with van der Waals surface area (Å²) in [6, 6.07) is 0. The molecule has 0 unspecified atom stereocenters. The predicted molar refractivity (Wildman–Crippen MR) is 154 cm³/mol. The predicted octanol–water partition coefficient (Wildman–Crippen LogP) is -12.1. The van der Waals surface area contributed by atoms with Gasteiger partial charge in [0.05, 0.1) is 0 Å². The molecule has 0 aromatic rings. The van der Waals surface area contributed by atoms with Gasteiger partial charge in [-0.3, -0.25) is 35.7 Å². The molecule has 0 heterocycles. The van der Waals surface area contributed by atoms with Crippen LogP contribution in [0.3, 0.4) is 0 Å². The minimum atomic E-state index is -1.42. The van der Waals surface area contributed by atoms with Crippen LogP contribution in [0.15, 0.2) is 0 Å². The molecule has 0 bridgehead atoms. The summed E-state index contributed by atoms with van der Waals surface area (Å²) in [5.74, 6) is 0. The van der Waals surface area contributed by atoms with Crippen molar-refractivity contribution in [2.75, 3.05) is 0 Å². The monoisotopic (exact) mass is 1160 g/mol. The Morgan fingerprint density at radius 3 is 0.193 bits per heavy atom. The fourth-order valence-corrected chi connectivity index (χ4v) is 1.84. The molecule has 0 radical (unpaired) electrons. The SMILES string of the molecule is O=[Si]=O.O=[Si]=O.O=[Si]=O.O=[Si]=O.[O]=[Al][O][Al]=[O].[O]=[Al][O][Al]=[O].[O]=[Al][O][Al]=[O].[O]=[Al][O][Al]=[O].[O]=[Al][O][Al]=[O].[O]=[Al][O][Al]=[O].[O]=[Al][O][Al]=[O].[O]=[Al][O][Al]=[O].[O]=[Al][O][Al]=[O]. The Kier molecular flexibility index (Phi) is 285. The molecule has 0 aliphatic heterocycles. The Labute approximate surface area is 438 Å². The van der Waals surface area contributed by atoms with Crippen molar-refractivity contribution in [2.45, 2.75) is 0 Å². The minimum absolute atomic E-state index is 1.24. The van der Waals surface area contributed by atoms with Crippen LogP contribution in [0.2, 0.25) is 0 Å². The van der Waals surface area contributed by atoms with Gasteiger partial charge in [-0.2, -0.15) is 0 Å². The van der Waals surface area contributed by atoms with Crippen LogP contribution in [0.4, 0.5) is 0 Å². The first-order valence-corrected chi connectivity index (χ1v) is 30.4. The fraction of sp³-hybridized carbons (Fsp3) is 0. The van der Waals surface area contributed by atoms with Gasteiger partial charge in [0, 0.05) is 0 Å². The van der Waals surface area contributed by atoms with Gasteiger partial charge in [0.1, 0.15) is 0 Å². The molecule has 0 aromatic heterocycles. The molecular formula is Al18O35Si4. The molecule has 0 saturated heterocycles. The van der Waals surface area contributed by atoms with Crippen molar-refractivity contribution in [2.24, 2.45) is 0 Å². The van der Waals surface area contributed by atoms with Crippen LogP contribution >= 0.6 is 0 Å². The normalized spacial score (nSPS) is 3.72. The van der Waals surface area contributed by atoms with Crippen molar-refractivity contribution in [1.82, 2.24) is 0 Å². The van der Waals surface area contributed by atoms with E-state index in [0.29, 0.717) is 0 Å². The second-order valence-electron chi connectivity index (χ2n) is 3.29. The third-order valence-electron chi connectivity index (χ3n) is 1.00. The third-order valence-corrected chi connectivity index (χ3v) is 9.00. The molecular weight excluding hydrogens is 1160 g/mol. The second-order valence-corrected chi connectivity index (χ2v) is 17.2. The first-order valence-electron chi connectivity index (χ1n) is 10.1. The van der Waals surface area contributed by atoms with Crippen LogP contribution in [0.1, 0.15) is 0 Å². The van der Waals surface area contributed by atoms with Crippen molar-refractivity contribution in [1.29, 1.82) is 0 Å². The molecule has 0 aliphatic carbocycles. The van der Waals surface area contributed by atoms with Crippen LogP contribution in [0.5, 0.6) is 0 Å². The molecule has 0 amide bonds. The summed E-state index contributed by atoms with van der Waals surface area (Å²) >= 11 is -22.3. The topological polar surface area (TPSA) is 527 Å². The Bertz CT molecular complexity index is 813. The summed E-state index contributed by atoms with van der Waals surface area (Å²) in [6.07, 6.45) is 0. The number of hydrogen-bond donors (Lipinski definition) is 0. The van der Waals surface area contributed by atoms with E-state index in [9.17, 15) is 68.5 Å². The van der Waals surface area contributed by atoms with Crippen LogP contribution in [0, 0.1) is 0 Å². The Balaban J connectivity index is -0.0000000336. The van der Waals surface area contributed by atoms with Gasteiger partial charge in [-0.25, -0.2) is 0 Å². The Morgan fingerprint density at radius 2 is 0.193 bits per heavy atom. The van der Waals surface area contributed by atoms with Gasteiger partial charge >= 0.3 is 410 Å². The summed E-state index contributed by atoms with van der Waals surface area (Å²) in [7, 11) is -5.67. The van der Waals surface area contributed by atoms with E-state index in [4.69, 9.17) is 35.7 Å². The van der Waals surface area contributed by atoms with Crippen molar-refractivity contribution in [3.05, 3.63) is 0 Å². The van der Waals surface area contributed by atoms with Gasteiger partial charge in [-0.1, -0.05) is 0 Å².